The number of nitrogens with zero attached hydrogens (tertiary/aromatic N) is 1. The Kier molecular flexibility index (Phi) is 8.39. The predicted octanol–water partition coefficient (Wildman–Crippen LogP) is 2.94. The van der Waals surface area contributed by atoms with Gasteiger partial charge < -0.3 is 15.5 Å². The summed E-state index contributed by atoms with van der Waals surface area (Å²) < 4.78 is 0. The van der Waals surface area contributed by atoms with Crippen LogP contribution in [0.1, 0.15) is 43.5 Å². The summed E-state index contributed by atoms with van der Waals surface area (Å²) in [5.41, 5.74) is 0.573. The van der Waals surface area contributed by atoms with Gasteiger partial charge in [0.1, 0.15) is 0 Å². The minimum absolute atomic E-state index is 0.0452. The average molecular weight is 380 g/mol. The molecule has 2 N–H and O–H groups in total. The van der Waals surface area contributed by atoms with Crippen molar-refractivity contribution in [2.75, 3.05) is 32.7 Å². The van der Waals surface area contributed by atoms with Gasteiger partial charge >= 0.3 is 0 Å². The molecule has 1 fully saturated rings. The highest BCUT2D eigenvalue weighted by Crippen LogP contribution is 2.20. The zero-order valence-electron chi connectivity index (χ0n) is 15.8. The number of halogens is 1. The van der Waals surface area contributed by atoms with Crippen LogP contribution in [0.4, 0.5) is 0 Å². The molecule has 2 atom stereocenters. The summed E-state index contributed by atoms with van der Waals surface area (Å²) in [6, 6.07) is 6.75. The molecular formula is C20H30ClN3O2. The van der Waals surface area contributed by atoms with Crippen LogP contribution in [-0.2, 0) is 4.79 Å². The van der Waals surface area contributed by atoms with E-state index in [9.17, 15) is 9.59 Å². The summed E-state index contributed by atoms with van der Waals surface area (Å²) >= 11 is 5.80. The molecule has 2 rings (SSSR count). The number of benzene rings is 1. The molecular weight excluding hydrogens is 350 g/mol. The molecule has 2 amide bonds. The first kappa shape index (κ1) is 20.7. The Hall–Kier alpha value is -1.59. The summed E-state index contributed by atoms with van der Waals surface area (Å²) in [5, 5.41) is 6.40. The predicted molar refractivity (Wildman–Crippen MR) is 105 cm³/mol. The van der Waals surface area contributed by atoms with Gasteiger partial charge in [0.2, 0.25) is 5.91 Å². The molecule has 144 valence electrons. The molecule has 1 aromatic rings. The number of carbonyl (C=O) groups is 2. The average Bonchev–Trinajstić information content (AvgIpc) is 2.58. The van der Waals surface area contributed by atoms with Gasteiger partial charge in [-0.1, -0.05) is 25.4 Å². The number of nitrogens with one attached hydrogen (secondary N) is 2. The van der Waals surface area contributed by atoms with Crippen molar-refractivity contribution in [1.29, 1.82) is 0 Å². The van der Waals surface area contributed by atoms with Crippen LogP contribution in [0.25, 0.3) is 0 Å². The quantitative estimate of drug-likeness (QED) is 0.682. The first-order valence-corrected chi connectivity index (χ1v) is 9.84. The van der Waals surface area contributed by atoms with Crippen molar-refractivity contribution in [1.82, 2.24) is 15.5 Å². The summed E-state index contributed by atoms with van der Waals surface area (Å²) in [6.45, 7) is 8.91. The molecule has 0 aliphatic carbocycles. The van der Waals surface area contributed by atoms with Crippen LogP contribution in [0.5, 0.6) is 0 Å². The van der Waals surface area contributed by atoms with E-state index in [1.54, 1.807) is 24.3 Å². The molecule has 1 aliphatic rings. The minimum atomic E-state index is -0.143. The Morgan fingerprint density at radius 1 is 1.08 bits per heavy atom. The minimum Gasteiger partial charge on any atom is -0.355 e. The lowest BCUT2D eigenvalue weighted by atomic mass is 9.92. The van der Waals surface area contributed by atoms with Gasteiger partial charge in [-0.2, -0.15) is 0 Å². The first-order valence-electron chi connectivity index (χ1n) is 9.47. The van der Waals surface area contributed by atoms with Crippen molar-refractivity contribution in [3.8, 4) is 0 Å². The summed E-state index contributed by atoms with van der Waals surface area (Å²) in [5.74, 6) is 1.37. The third-order valence-corrected chi connectivity index (χ3v) is 4.92. The number of hydrogen-bond donors (Lipinski definition) is 2. The maximum Gasteiger partial charge on any atom is 0.251 e. The Morgan fingerprint density at radius 3 is 2.38 bits per heavy atom. The fourth-order valence-electron chi connectivity index (χ4n) is 3.57. The Bertz CT molecular complexity index is 581. The van der Waals surface area contributed by atoms with Crippen molar-refractivity contribution in [2.45, 2.75) is 33.1 Å². The molecule has 2 unspecified atom stereocenters. The van der Waals surface area contributed by atoms with Crippen LogP contribution in [0, 0.1) is 11.8 Å². The normalized spacial score (nSPS) is 20.6. The van der Waals surface area contributed by atoms with Gasteiger partial charge in [0, 0.05) is 49.7 Å². The zero-order chi connectivity index (χ0) is 18.9. The molecule has 6 heteroatoms. The van der Waals surface area contributed by atoms with E-state index < -0.39 is 0 Å². The van der Waals surface area contributed by atoms with Crippen LogP contribution < -0.4 is 10.6 Å². The second-order valence-corrected chi connectivity index (χ2v) is 7.86. The largest absolute Gasteiger partial charge is 0.355 e. The number of likely N-dealkylation sites (tertiary alicyclic amines) is 1. The van der Waals surface area contributed by atoms with Gasteiger partial charge in [0.05, 0.1) is 0 Å². The molecule has 1 saturated heterocycles. The molecule has 1 aliphatic heterocycles. The van der Waals surface area contributed by atoms with E-state index in [0.717, 1.165) is 31.5 Å². The topological polar surface area (TPSA) is 61.4 Å². The molecule has 0 bridgehead atoms. The molecule has 1 aromatic carbocycles. The van der Waals surface area contributed by atoms with E-state index in [2.05, 4.69) is 29.4 Å². The lowest BCUT2D eigenvalue weighted by Gasteiger charge is -2.34. The van der Waals surface area contributed by atoms with Crippen LogP contribution in [0.2, 0.25) is 5.02 Å². The highest BCUT2D eigenvalue weighted by Gasteiger charge is 2.21. The second kappa shape index (κ2) is 10.5. The summed E-state index contributed by atoms with van der Waals surface area (Å²) in [4.78, 5) is 26.3. The summed E-state index contributed by atoms with van der Waals surface area (Å²) in [6.07, 6.45) is 2.35. The molecule has 0 spiro atoms. The second-order valence-electron chi connectivity index (χ2n) is 7.42. The lowest BCUT2D eigenvalue weighted by Crippen LogP contribution is -2.42. The van der Waals surface area contributed by atoms with Gasteiger partial charge in [-0.25, -0.2) is 0 Å². The van der Waals surface area contributed by atoms with E-state index >= 15 is 0 Å². The maximum atomic E-state index is 11.9. The van der Waals surface area contributed by atoms with E-state index in [1.165, 1.54) is 6.42 Å². The summed E-state index contributed by atoms with van der Waals surface area (Å²) in [7, 11) is 0. The Balaban J connectivity index is 1.55. The van der Waals surface area contributed by atoms with Gasteiger partial charge in [0.15, 0.2) is 0 Å². The Morgan fingerprint density at radius 2 is 1.73 bits per heavy atom. The lowest BCUT2D eigenvalue weighted by molar-refractivity contribution is -0.121. The number of carbonyl (C=O) groups excluding carboxylic acids is 2. The smallest absolute Gasteiger partial charge is 0.251 e. The van der Waals surface area contributed by atoms with Crippen LogP contribution in [0.3, 0.4) is 0 Å². The first-order chi connectivity index (χ1) is 12.4. The van der Waals surface area contributed by atoms with E-state index in [0.29, 0.717) is 36.5 Å². The highest BCUT2D eigenvalue weighted by atomic mass is 35.5. The third-order valence-electron chi connectivity index (χ3n) is 4.67. The molecule has 5 nitrogen and oxygen atoms in total. The van der Waals surface area contributed by atoms with E-state index in [4.69, 9.17) is 11.6 Å². The van der Waals surface area contributed by atoms with Gasteiger partial charge in [-0.15, -0.1) is 0 Å². The molecule has 26 heavy (non-hydrogen) atoms. The van der Waals surface area contributed by atoms with E-state index in [1.807, 2.05) is 0 Å². The van der Waals surface area contributed by atoms with E-state index in [-0.39, 0.29) is 11.8 Å². The SMILES string of the molecule is CC1CC(C)CN(CCNC(=O)CCCNC(=O)c2ccc(Cl)cc2)C1. The maximum absolute atomic E-state index is 11.9. The molecule has 1 heterocycles. The van der Waals surface area contributed by atoms with Crippen molar-refractivity contribution in [3.05, 3.63) is 34.9 Å². The fraction of sp³-hybridized carbons (Fsp3) is 0.600. The van der Waals surface area contributed by atoms with Crippen LogP contribution >= 0.6 is 11.6 Å². The number of amides is 2. The van der Waals surface area contributed by atoms with Crippen molar-refractivity contribution < 1.29 is 9.59 Å². The highest BCUT2D eigenvalue weighted by molar-refractivity contribution is 6.30. The van der Waals surface area contributed by atoms with Crippen molar-refractivity contribution in [3.63, 3.8) is 0 Å². The molecule has 0 aromatic heterocycles. The zero-order valence-corrected chi connectivity index (χ0v) is 16.5. The van der Waals surface area contributed by atoms with Gasteiger partial charge in [-0.3, -0.25) is 9.59 Å². The monoisotopic (exact) mass is 379 g/mol. The third kappa shape index (κ3) is 7.34. The standard InChI is InChI=1S/C20H30ClN3O2/c1-15-12-16(2)14-24(13-15)11-10-22-19(25)4-3-9-23-20(26)17-5-7-18(21)8-6-17/h5-8,15-16H,3-4,9-14H2,1-2H3,(H,22,25)(H,23,26). The number of rotatable bonds is 8. The van der Waals surface area contributed by atoms with Gasteiger partial charge in [-0.05, 0) is 48.9 Å². The van der Waals surface area contributed by atoms with Gasteiger partial charge in [0.25, 0.3) is 5.91 Å². The number of piperidine rings is 1. The number of hydrogen-bond acceptors (Lipinski definition) is 3. The Labute approximate surface area is 161 Å². The van der Waals surface area contributed by atoms with Crippen LogP contribution in [0.15, 0.2) is 24.3 Å². The van der Waals surface area contributed by atoms with Crippen molar-refractivity contribution in [2.24, 2.45) is 11.8 Å². The fourth-order valence-corrected chi connectivity index (χ4v) is 3.70. The van der Waals surface area contributed by atoms with Crippen LogP contribution in [-0.4, -0.2) is 49.4 Å². The molecule has 0 saturated carbocycles. The van der Waals surface area contributed by atoms with Crippen molar-refractivity contribution >= 4 is 23.4 Å². The molecule has 0 radical (unpaired) electrons.